The van der Waals surface area contributed by atoms with Crippen molar-refractivity contribution in [3.8, 4) is 11.5 Å². The Balaban J connectivity index is 2.16. The Hall–Kier alpha value is -3.42. The molecule has 0 aliphatic heterocycles. The van der Waals surface area contributed by atoms with E-state index in [0.717, 1.165) is 0 Å². The SMILES string of the molecule is COc1ccc(/C=N\NC(=O)c2cccc([N+](=O)[O-])c2C)c(OC)c1. The fraction of sp³-hybridized carbons (Fsp3) is 0.176. The minimum Gasteiger partial charge on any atom is -0.497 e. The molecule has 2 aromatic rings. The Morgan fingerprint density at radius 1 is 1.24 bits per heavy atom. The van der Waals surface area contributed by atoms with Crippen molar-refractivity contribution >= 4 is 17.8 Å². The van der Waals surface area contributed by atoms with E-state index >= 15 is 0 Å². The van der Waals surface area contributed by atoms with Gasteiger partial charge in [-0.05, 0) is 25.1 Å². The number of benzene rings is 2. The highest BCUT2D eigenvalue weighted by Gasteiger charge is 2.17. The van der Waals surface area contributed by atoms with Crippen LogP contribution in [0, 0.1) is 17.0 Å². The molecular formula is C17H17N3O5. The van der Waals surface area contributed by atoms with E-state index in [1.54, 1.807) is 25.3 Å². The molecular weight excluding hydrogens is 326 g/mol. The zero-order valence-corrected chi connectivity index (χ0v) is 14.0. The molecule has 2 aromatic carbocycles. The Morgan fingerprint density at radius 3 is 2.64 bits per heavy atom. The van der Waals surface area contributed by atoms with Crippen LogP contribution in [0.25, 0.3) is 0 Å². The molecule has 0 atom stereocenters. The van der Waals surface area contributed by atoms with Gasteiger partial charge in [-0.15, -0.1) is 0 Å². The Bertz CT molecular complexity index is 833. The maximum Gasteiger partial charge on any atom is 0.273 e. The van der Waals surface area contributed by atoms with E-state index < -0.39 is 10.8 Å². The molecule has 0 unspecified atom stereocenters. The van der Waals surface area contributed by atoms with Gasteiger partial charge in [-0.1, -0.05) is 6.07 Å². The van der Waals surface area contributed by atoms with E-state index in [9.17, 15) is 14.9 Å². The highest BCUT2D eigenvalue weighted by Crippen LogP contribution is 2.23. The summed E-state index contributed by atoms with van der Waals surface area (Å²) in [5.41, 5.74) is 3.34. The van der Waals surface area contributed by atoms with Crippen molar-refractivity contribution in [1.82, 2.24) is 5.43 Å². The summed E-state index contributed by atoms with van der Waals surface area (Å²) in [6.07, 6.45) is 1.42. The lowest BCUT2D eigenvalue weighted by molar-refractivity contribution is -0.385. The monoisotopic (exact) mass is 343 g/mol. The lowest BCUT2D eigenvalue weighted by Crippen LogP contribution is -2.19. The van der Waals surface area contributed by atoms with Crippen LogP contribution in [0.2, 0.25) is 0 Å². The van der Waals surface area contributed by atoms with Crippen LogP contribution in [0.15, 0.2) is 41.5 Å². The van der Waals surface area contributed by atoms with Crippen LogP contribution < -0.4 is 14.9 Å². The summed E-state index contributed by atoms with van der Waals surface area (Å²) < 4.78 is 10.3. The van der Waals surface area contributed by atoms with Crippen molar-refractivity contribution in [2.24, 2.45) is 5.10 Å². The summed E-state index contributed by atoms with van der Waals surface area (Å²) in [4.78, 5) is 22.6. The van der Waals surface area contributed by atoms with Crippen LogP contribution in [-0.4, -0.2) is 31.3 Å². The number of nitrogens with zero attached hydrogens (tertiary/aromatic N) is 2. The minimum atomic E-state index is -0.537. The van der Waals surface area contributed by atoms with Gasteiger partial charge in [0.25, 0.3) is 11.6 Å². The number of nitrogens with one attached hydrogen (secondary N) is 1. The smallest absolute Gasteiger partial charge is 0.273 e. The van der Waals surface area contributed by atoms with Crippen molar-refractivity contribution < 1.29 is 19.2 Å². The molecule has 130 valence electrons. The maximum absolute atomic E-state index is 12.2. The van der Waals surface area contributed by atoms with E-state index in [-0.39, 0.29) is 16.8 Å². The summed E-state index contributed by atoms with van der Waals surface area (Å²) in [7, 11) is 3.06. The lowest BCUT2D eigenvalue weighted by Gasteiger charge is -2.07. The van der Waals surface area contributed by atoms with Crippen LogP contribution in [0.4, 0.5) is 5.69 Å². The number of hydrogen-bond acceptors (Lipinski definition) is 6. The van der Waals surface area contributed by atoms with Crippen molar-refractivity contribution in [2.75, 3.05) is 14.2 Å². The first kappa shape index (κ1) is 17.9. The van der Waals surface area contributed by atoms with Crippen LogP contribution >= 0.6 is 0 Å². The highest BCUT2D eigenvalue weighted by atomic mass is 16.6. The molecule has 1 N–H and O–H groups in total. The first-order valence-electron chi connectivity index (χ1n) is 7.27. The van der Waals surface area contributed by atoms with Crippen molar-refractivity contribution in [2.45, 2.75) is 6.92 Å². The molecule has 0 saturated carbocycles. The summed E-state index contributed by atoms with van der Waals surface area (Å²) in [5, 5.41) is 14.8. The van der Waals surface area contributed by atoms with Gasteiger partial charge in [-0.25, -0.2) is 5.43 Å². The quantitative estimate of drug-likeness (QED) is 0.493. The topological polar surface area (TPSA) is 103 Å². The number of carbonyl (C=O) groups is 1. The number of hydrazone groups is 1. The van der Waals surface area contributed by atoms with Crippen LogP contribution in [0.5, 0.6) is 11.5 Å². The number of nitro benzene ring substituents is 1. The number of rotatable bonds is 6. The van der Waals surface area contributed by atoms with Gasteiger partial charge in [0.05, 0.1) is 30.9 Å². The summed E-state index contributed by atoms with van der Waals surface area (Å²) in [6, 6.07) is 9.45. The molecule has 0 saturated heterocycles. The average Bonchev–Trinajstić information content (AvgIpc) is 2.61. The first-order chi connectivity index (χ1) is 12.0. The number of amides is 1. The lowest BCUT2D eigenvalue weighted by atomic mass is 10.1. The Kier molecular flexibility index (Phi) is 5.67. The molecule has 0 bridgehead atoms. The fourth-order valence-corrected chi connectivity index (χ4v) is 2.21. The predicted molar refractivity (Wildman–Crippen MR) is 92.4 cm³/mol. The predicted octanol–water partition coefficient (Wildman–Crippen LogP) is 2.68. The first-order valence-corrected chi connectivity index (χ1v) is 7.27. The van der Waals surface area contributed by atoms with Gasteiger partial charge in [0, 0.05) is 23.3 Å². The normalized spacial score (nSPS) is 10.5. The molecule has 0 fully saturated rings. The molecule has 8 nitrogen and oxygen atoms in total. The molecule has 0 radical (unpaired) electrons. The molecule has 0 spiro atoms. The molecule has 0 aromatic heterocycles. The number of methoxy groups -OCH3 is 2. The molecule has 2 rings (SSSR count). The second kappa shape index (κ2) is 7.91. The van der Waals surface area contributed by atoms with Gasteiger partial charge >= 0.3 is 0 Å². The average molecular weight is 343 g/mol. The third-order valence-electron chi connectivity index (χ3n) is 3.56. The summed E-state index contributed by atoms with van der Waals surface area (Å²) >= 11 is 0. The van der Waals surface area contributed by atoms with Gasteiger partial charge in [0.15, 0.2) is 0 Å². The third-order valence-corrected chi connectivity index (χ3v) is 3.56. The van der Waals surface area contributed by atoms with E-state index in [0.29, 0.717) is 17.1 Å². The van der Waals surface area contributed by atoms with E-state index in [4.69, 9.17) is 9.47 Å². The van der Waals surface area contributed by atoms with Gasteiger partial charge in [-0.3, -0.25) is 14.9 Å². The van der Waals surface area contributed by atoms with Gasteiger partial charge in [0.2, 0.25) is 0 Å². The number of ether oxygens (including phenoxy) is 2. The Morgan fingerprint density at radius 2 is 2.00 bits per heavy atom. The largest absolute Gasteiger partial charge is 0.497 e. The Labute approximate surface area is 144 Å². The number of carbonyl (C=O) groups excluding carboxylic acids is 1. The fourth-order valence-electron chi connectivity index (χ4n) is 2.21. The minimum absolute atomic E-state index is 0.117. The van der Waals surface area contributed by atoms with E-state index in [1.807, 2.05) is 0 Å². The number of hydrogen-bond donors (Lipinski definition) is 1. The highest BCUT2D eigenvalue weighted by molar-refractivity contribution is 5.97. The third kappa shape index (κ3) is 4.11. The molecule has 0 aliphatic rings. The van der Waals surface area contributed by atoms with Crippen LogP contribution in [0.3, 0.4) is 0 Å². The maximum atomic E-state index is 12.2. The van der Waals surface area contributed by atoms with Crippen molar-refractivity contribution in [3.63, 3.8) is 0 Å². The van der Waals surface area contributed by atoms with Gasteiger partial charge in [0.1, 0.15) is 11.5 Å². The molecule has 25 heavy (non-hydrogen) atoms. The zero-order valence-electron chi connectivity index (χ0n) is 14.0. The second-order valence-electron chi connectivity index (χ2n) is 5.01. The van der Waals surface area contributed by atoms with Crippen LogP contribution in [0.1, 0.15) is 21.5 Å². The summed E-state index contributed by atoms with van der Waals surface area (Å²) in [6.45, 7) is 1.52. The standard InChI is InChI=1S/C17H17N3O5/c1-11-14(5-4-6-15(11)20(22)23)17(21)19-18-10-12-7-8-13(24-2)9-16(12)25-3/h4-10H,1-3H3,(H,19,21)/b18-10-. The molecule has 0 heterocycles. The molecule has 1 amide bonds. The number of nitro groups is 1. The summed E-state index contributed by atoms with van der Waals surface area (Å²) in [5.74, 6) is 0.624. The molecule has 0 aliphatic carbocycles. The van der Waals surface area contributed by atoms with Gasteiger partial charge in [-0.2, -0.15) is 5.10 Å². The van der Waals surface area contributed by atoms with Crippen molar-refractivity contribution in [3.05, 3.63) is 63.2 Å². The van der Waals surface area contributed by atoms with Gasteiger partial charge < -0.3 is 9.47 Å². The second-order valence-corrected chi connectivity index (χ2v) is 5.01. The zero-order chi connectivity index (χ0) is 18.4. The van der Waals surface area contributed by atoms with Crippen molar-refractivity contribution in [1.29, 1.82) is 0 Å². The van der Waals surface area contributed by atoms with E-state index in [1.165, 1.54) is 38.4 Å². The van der Waals surface area contributed by atoms with Crippen LogP contribution in [-0.2, 0) is 0 Å². The van der Waals surface area contributed by atoms with E-state index in [2.05, 4.69) is 10.5 Å². The molecule has 8 heteroatoms.